The fourth-order valence-electron chi connectivity index (χ4n) is 2.60. The number of nitrogens with one attached hydrogen (secondary N) is 1. The first kappa shape index (κ1) is 13.5. The third-order valence-corrected chi connectivity index (χ3v) is 5.41. The molecule has 0 spiro atoms. The lowest BCUT2D eigenvalue weighted by Gasteiger charge is -2.31. The minimum absolute atomic E-state index is 0.744. The molecule has 106 valence electrons. The van der Waals surface area contributed by atoms with Crippen molar-refractivity contribution in [3.8, 4) is 0 Å². The van der Waals surface area contributed by atoms with Crippen molar-refractivity contribution >= 4 is 11.8 Å². The van der Waals surface area contributed by atoms with Crippen LogP contribution in [0.2, 0.25) is 0 Å². The maximum atomic E-state index is 5.64. The number of rotatable bonds is 6. The van der Waals surface area contributed by atoms with Crippen molar-refractivity contribution in [1.29, 1.82) is 0 Å². The minimum atomic E-state index is 0.744. The molecule has 3 rings (SSSR count). The Morgan fingerprint density at radius 2 is 2.37 bits per heavy atom. The summed E-state index contributed by atoms with van der Waals surface area (Å²) in [7, 11) is 0. The summed E-state index contributed by atoms with van der Waals surface area (Å²) in [4.78, 5) is 2.58. The molecule has 0 radical (unpaired) electrons. The van der Waals surface area contributed by atoms with Gasteiger partial charge in [0.2, 0.25) is 0 Å². The van der Waals surface area contributed by atoms with Crippen LogP contribution in [0.5, 0.6) is 0 Å². The van der Waals surface area contributed by atoms with E-state index in [0.29, 0.717) is 0 Å². The summed E-state index contributed by atoms with van der Waals surface area (Å²) in [6, 6.07) is 2.89. The Hall–Kier alpha value is -0.450. The van der Waals surface area contributed by atoms with Crippen LogP contribution in [0, 0.1) is 0 Å². The molecule has 1 aliphatic carbocycles. The third kappa shape index (κ3) is 3.77. The van der Waals surface area contributed by atoms with E-state index >= 15 is 0 Å². The largest absolute Gasteiger partial charge is 0.468 e. The highest BCUT2D eigenvalue weighted by atomic mass is 32.2. The molecule has 1 aromatic rings. The molecule has 0 aromatic carbocycles. The van der Waals surface area contributed by atoms with E-state index in [1.54, 1.807) is 0 Å². The SMILES string of the molecule is CCC1CN(Cc2ccoc2CNC2CC2)CCS1. The highest BCUT2D eigenvalue weighted by molar-refractivity contribution is 8.00. The van der Waals surface area contributed by atoms with Gasteiger partial charge in [0.15, 0.2) is 0 Å². The van der Waals surface area contributed by atoms with Gasteiger partial charge in [0.1, 0.15) is 5.76 Å². The van der Waals surface area contributed by atoms with E-state index in [9.17, 15) is 0 Å². The molecule has 1 aromatic heterocycles. The van der Waals surface area contributed by atoms with Crippen molar-refractivity contribution in [3.63, 3.8) is 0 Å². The average molecular weight is 280 g/mol. The zero-order chi connectivity index (χ0) is 13.1. The van der Waals surface area contributed by atoms with E-state index in [1.807, 2.05) is 6.26 Å². The van der Waals surface area contributed by atoms with Crippen LogP contribution in [0.15, 0.2) is 16.7 Å². The van der Waals surface area contributed by atoms with Gasteiger partial charge in [0, 0.05) is 42.2 Å². The van der Waals surface area contributed by atoms with Crippen molar-refractivity contribution in [2.24, 2.45) is 0 Å². The number of thioether (sulfide) groups is 1. The second kappa shape index (κ2) is 6.33. The Kier molecular flexibility index (Phi) is 4.51. The minimum Gasteiger partial charge on any atom is -0.468 e. The van der Waals surface area contributed by atoms with E-state index in [-0.39, 0.29) is 0 Å². The molecule has 0 amide bonds. The van der Waals surface area contributed by atoms with Crippen LogP contribution in [0.3, 0.4) is 0 Å². The van der Waals surface area contributed by atoms with Gasteiger partial charge in [-0.15, -0.1) is 0 Å². The van der Waals surface area contributed by atoms with Gasteiger partial charge in [0.25, 0.3) is 0 Å². The van der Waals surface area contributed by atoms with Crippen LogP contribution in [0.25, 0.3) is 0 Å². The molecule has 1 saturated carbocycles. The second-order valence-electron chi connectivity index (χ2n) is 5.66. The zero-order valence-electron chi connectivity index (χ0n) is 11.7. The molecule has 1 aliphatic heterocycles. The predicted octanol–water partition coefficient (Wildman–Crippen LogP) is 2.86. The van der Waals surface area contributed by atoms with E-state index in [0.717, 1.165) is 30.1 Å². The summed E-state index contributed by atoms with van der Waals surface area (Å²) in [5.41, 5.74) is 1.37. The Morgan fingerprint density at radius 3 is 3.16 bits per heavy atom. The molecule has 1 saturated heterocycles. The summed E-state index contributed by atoms with van der Waals surface area (Å²) in [5, 5.41) is 4.35. The summed E-state index contributed by atoms with van der Waals surface area (Å²) in [6.45, 7) is 6.68. The van der Waals surface area contributed by atoms with E-state index in [4.69, 9.17) is 4.42 Å². The van der Waals surface area contributed by atoms with Gasteiger partial charge < -0.3 is 9.73 Å². The quantitative estimate of drug-likeness (QED) is 0.867. The lowest BCUT2D eigenvalue weighted by atomic mass is 10.2. The van der Waals surface area contributed by atoms with E-state index < -0.39 is 0 Å². The molecule has 2 fully saturated rings. The molecule has 19 heavy (non-hydrogen) atoms. The van der Waals surface area contributed by atoms with E-state index in [2.05, 4.69) is 35.0 Å². The standard InChI is InChI=1S/C15H24N2OS/c1-2-14-11-17(6-8-19-14)10-12-5-7-18-15(12)9-16-13-3-4-13/h5,7,13-14,16H,2-4,6,8-11H2,1H3. The Bertz CT molecular complexity index is 403. The first-order chi connectivity index (χ1) is 9.35. The van der Waals surface area contributed by atoms with Crippen LogP contribution in [-0.4, -0.2) is 35.0 Å². The van der Waals surface area contributed by atoms with Crippen LogP contribution in [-0.2, 0) is 13.1 Å². The predicted molar refractivity (Wildman–Crippen MR) is 80.4 cm³/mol. The van der Waals surface area contributed by atoms with Gasteiger partial charge in [0.05, 0.1) is 12.8 Å². The van der Waals surface area contributed by atoms with Crippen LogP contribution in [0.1, 0.15) is 37.5 Å². The van der Waals surface area contributed by atoms with Crippen molar-refractivity contribution in [3.05, 3.63) is 23.7 Å². The highest BCUT2D eigenvalue weighted by Gasteiger charge is 2.23. The molecule has 2 heterocycles. The summed E-state index contributed by atoms with van der Waals surface area (Å²) in [5.74, 6) is 2.41. The van der Waals surface area contributed by atoms with Gasteiger partial charge in [-0.25, -0.2) is 0 Å². The maximum Gasteiger partial charge on any atom is 0.122 e. The number of hydrogen-bond donors (Lipinski definition) is 1. The van der Waals surface area contributed by atoms with Gasteiger partial charge in [-0.2, -0.15) is 11.8 Å². The normalized spacial score (nSPS) is 24.8. The van der Waals surface area contributed by atoms with Crippen LogP contribution < -0.4 is 5.32 Å². The Labute approximate surface area is 120 Å². The summed E-state index contributed by atoms with van der Waals surface area (Å²) >= 11 is 2.13. The molecule has 1 unspecified atom stereocenters. The molecule has 2 aliphatic rings. The van der Waals surface area contributed by atoms with E-state index in [1.165, 1.54) is 43.7 Å². The lowest BCUT2D eigenvalue weighted by molar-refractivity contribution is 0.270. The van der Waals surface area contributed by atoms with Gasteiger partial charge in [-0.05, 0) is 25.3 Å². The molecular formula is C15H24N2OS. The molecule has 4 heteroatoms. The topological polar surface area (TPSA) is 28.4 Å². The fraction of sp³-hybridized carbons (Fsp3) is 0.733. The Balaban J connectivity index is 1.54. The average Bonchev–Trinajstić information content (AvgIpc) is 3.17. The summed E-state index contributed by atoms with van der Waals surface area (Å²) in [6.07, 6.45) is 5.78. The monoisotopic (exact) mass is 280 g/mol. The van der Waals surface area contributed by atoms with Crippen molar-refractivity contribution in [1.82, 2.24) is 10.2 Å². The molecule has 1 N–H and O–H groups in total. The maximum absolute atomic E-state index is 5.64. The van der Waals surface area contributed by atoms with Crippen molar-refractivity contribution < 1.29 is 4.42 Å². The Morgan fingerprint density at radius 1 is 1.47 bits per heavy atom. The number of nitrogens with zero attached hydrogens (tertiary/aromatic N) is 1. The van der Waals surface area contributed by atoms with Gasteiger partial charge in [-0.3, -0.25) is 4.90 Å². The van der Waals surface area contributed by atoms with Gasteiger partial charge >= 0.3 is 0 Å². The first-order valence-electron chi connectivity index (χ1n) is 7.47. The first-order valence-corrected chi connectivity index (χ1v) is 8.52. The molecule has 0 bridgehead atoms. The van der Waals surface area contributed by atoms with Crippen LogP contribution >= 0.6 is 11.8 Å². The fourth-order valence-corrected chi connectivity index (χ4v) is 3.85. The molecular weight excluding hydrogens is 256 g/mol. The smallest absolute Gasteiger partial charge is 0.122 e. The molecule has 1 atom stereocenters. The third-order valence-electron chi connectivity index (χ3n) is 4.04. The number of hydrogen-bond acceptors (Lipinski definition) is 4. The highest BCUT2D eigenvalue weighted by Crippen LogP contribution is 2.24. The lowest BCUT2D eigenvalue weighted by Crippen LogP contribution is -2.37. The van der Waals surface area contributed by atoms with Crippen LogP contribution in [0.4, 0.5) is 0 Å². The van der Waals surface area contributed by atoms with Gasteiger partial charge in [-0.1, -0.05) is 6.92 Å². The van der Waals surface area contributed by atoms with Crippen molar-refractivity contribution in [2.75, 3.05) is 18.8 Å². The molecule has 3 nitrogen and oxygen atoms in total. The van der Waals surface area contributed by atoms with Crippen molar-refractivity contribution in [2.45, 2.75) is 50.6 Å². The number of furan rings is 1. The summed E-state index contributed by atoms with van der Waals surface area (Å²) < 4.78 is 5.64. The second-order valence-corrected chi connectivity index (χ2v) is 7.07. The zero-order valence-corrected chi connectivity index (χ0v) is 12.5.